The van der Waals surface area contributed by atoms with Gasteiger partial charge in [-0.05, 0) is 13.3 Å². The minimum Gasteiger partial charge on any atom is -0.550 e. The lowest BCUT2D eigenvalue weighted by Gasteiger charge is -2.04. The molecule has 92 valence electrons. The zero-order valence-electron chi connectivity index (χ0n) is 10.2. The van der Waals surface area contributed by atoms with Gasteiger partial charge in [-0.2, -0.15) is 0 Å². The number of ether oxygens (including phenoxy) is 1. The molecule has 0 saturated carbocycles. The molecule has 0 N–H and O–H groups in total. The summed E-state index contributed by atoms with van der Waals surface area (Å²) in [6.45, 7) is 5.40. The van der Waals surface area contributed by atoms with Crippen molar-refractivity contribution in [1.82, 2.24) is 4.57 Å². The molecule has 0 bridgehead atoms. The lowest BCUT2D eigenvalue weighted by molar-refractivity contribution is -0.671. The van der Waals surface area contributed by atoms with Crippen LogP contribution >= 0.6 is 0 Å². The molecule has 0 spiro atoms. The maximum atomic E-state index is 9.54. The van der Waals surface area contributed by atoms with E-state index in [4.69, 9.17) is 0 Å². The summed E-state index contributed by atoms with van der Waals surface area (Å²) in [7, 11) is 2.02. The van der Waals surface area contributed by atoms with E-state index in [9.17, 15) is 9.90 Å². The first-order valence-electron chi connectivity index (χ1n) is 5.44. The fourth-order valence-electron chi connectivity index (χ4n) is 0.989. The number of nitrogens with zero attached hydrogens (tertiary/aromatic N) is 2. The second kappa shape index (κ2) is 8.76. The molecule has 0 atom stereocenters. The van der Waals surface area contributed by atoms with E-state index in [1.54, 1.807) is 0 Å². The predicted octanol–water partition coefficient (Wildman–Crippen LogP) is 0.479. The Kier molecular flexibility index (Phi) is 7.93. The van der Waals surface area contributed by atoms with Crippen LogP contribution in [0.25, 0.3) is 0 Å². The predicted molar refractivity (Wildman–Crippen MR) is 57.5 cm³/mol. The Balaban J connectivity index is 0.000000281. The van der Waals surface area contributed by atoms with Gasteiger partial charge in [-0.3, -0.25) is 0 Å². The second-order valence-corrected chi connectivity index (χ2v) is 3.36. The molecule has 0 aliphatic heterocycles. The van der Waals surface area contributed by atoms with Gasteiger partial charge in [0.25, 0.3) is 6.16 Å². The molecule has 16 heavy (non-hydrogen) atoms. The van der Waals surface area contributed by atoms with E-state index in [2.05, 4.69) is 28.8 Å². The van der Waals surface area contributed by atoms with Gasteiger partial charge in [-0.15, -0.1) is 0 Å². The van der Waals surface area contributed by atoms with E-state index in [1.807, 2.05) is 24.7 Å². The lowest BCUT2D eigenvalue weighted by atomic mass is 10.4. The van der Waals surface area contributed by atoms with Crippen molar-refractivity contribution in [2.75, 3.05) is 6.61 Å². The number of rotatable bonds is 4. The van der Waals surface area contributed by atoms with Gasteiger partial charge in [0.2, 0.25) is 6.33 Å². The summed E-state index contributed by atoms with van der Waals surface area (Å²) in [5, 5.41) is 9.54. The molecule has 5 heteroatoms. The third kappa shape index (κ3) is 7.84. The Labute approximate surface area is 96.3 Å². The normalized spacial score (nSPS) is 9.19. The molecule has 1 aromatic rings. The van der Waals surface area contributed by atoms with E-state index in [0.29, 0.717) is 0 Å². The number of carbonyl (C=O) groups excluding carboxylic acids is 1. The standard InChI is InChI=1S/C6H11N2.C5H10O3/c1-3-8-5-4-7(2)6-8;1-2-3-4-8-5(6)7/h4-6H,3H2,1-2H3;2-4H2,1H3,(H,6,7)/q+1;/p-1. The molecule has 0 aliphatic carbocycles. The number of imidazole rings is 1. The molecule has 0 saturated heterocycles. The first-order chi connectivity index (χ1) is 7.60. The van der Waals surface area contributed by atoms with Crippen LogP contribution in [0.3, 0.4) is 0 Å². The van der Waals surface area contributed by atoms with E-state index in [-0.39, 0.29) is 6.61 Å². The fourth-order valence-corrected chi connectivity index (χ4v) is 0.989. The molecule has 5 nitrogen and oxygen atoms in total. The monoisotopic (exact) mass is 228 g/mol. The molecule has 1 aromatic heterocycles. The van der Waals surface area contributed by atoms with E-state index >= 15 is 0 Å². The average molecular weight is 228 g/mol. The van der Waals surface area contributed by atoms with Gasteiger partial charge < -0.3 is 14.6 Å². The highest BCUT2D eigenvalue weighted by molar-refractivity contribution is 5.53. The number of unbranched alkanes of at least 4 members (excludes halogenated alkanes) is 1. The fraction of sp³-hybridized carbons (Fsp3) is 0.636. The van der Waals surface area contributed by atoms with Gasteiger partial charge in [0.15, 0.2) is 0 Å². The number of aryl methyl sites for hydroxylation is 2. The molecular weight excluding hydrogens is 208 g/mol. The maximum absolute atomic E-state index is 9.54. The van der Waals surface area contributed by atoms with Crippen molar-refractivity contribution in [2.24, 2.45) is 7.05 Å². The van der Waals surface area contributed by atoms with Crippen molar-refractivity contribution in [2.45, 2.75) is 33.2 Å². The number of carbonyl (C=O) groups is 1. The molecular formula is C11H20N2O3. The summed E-state index contributed by atoms with van der Waals surface area (Å²) in [6.07, 6.45) is 6.42. The van der Waals surface area contributed by atoms with Gasteiger partial charge in [0.05, 0.1) is 13.6 Å². The molecule has 0 radical (unpaired) electrons. The number of aromatic nitrogens is 2. The minimum atomic E-state index is -1.43. The van der Waals surface area contributed by atoms with Gasteiger partial charge in [-0.25, -0.2) is 9.13 Å². The van der Waals surface area contributed by atoms with Gasteiger partial charge in [0.1, 0.15) is 12.4 Å². The van der Waals surface area contributed by atoms with Crippen molar-refractivity contribution in [1.29, 1.82) is 0 Å². The van der Waals surface area contributed by atoms with E-state index in [1.165, 1.54) is 0 Å². The Morgan fingerprint density at radius 2 is 2.19 bits per heavy atom. The third-order valence-electron chi connectivity index (χ3n) is 1.91. The zero-order chi connectivity index (χ0) is 12.4. The highest BCUT2D eigenvalue weighted by atomic mass is 16.7. The number of hydrogen-bond acceptors (Lipinski definition) is 3. The summed E-state index contributed by atoms with van der Waals surface area (Å²) in [4.78, 5) is 9.54. The number of carboxylic acid groups (broad SMARTS) is 1. The Bertz CT molecular complexity index is 297. The summed E-state index contributed by atoms with van der Waals surface area (Å²) in [5.41, 5.74) is 0. The Hall–Kier alpha value is -1.52. The molecule has 0 fully saturated rings. The quantitative estimate of drug-likeness (QED) is 0.428. The number of hydrogen-bond donors (Lipinski definition) is 0. The molecule has 0 unspecified atom stereocenters. The average Bonchev–Trinajstić information content (AvgIpc) is 2.65. The van der Waals surface area contributed by atoms with E-state index < -0.39 is 6.16 Å². The van der Waals surface area contributed by atoms with Crippen LogP contribution in [-0.2, 0) is 18.3 Å². The van der Waals surface area contributed by atoms with Crippen LogP contribution in [0, 0.1) is 0 Å². The summed E-state index contributed by atoms with van der Waals surface area (Å²) < 4.78 is 8.24. The second-order valence-electron chi connectivity index (χ2n) is 3.36. The van der Waals surface area contributed by atoms with Crippen molar-refractivity contribution in [3.05, 3.63) is 18.7 Å². The van der Waals surface area contributed by atoms with Crippen molar-refractivity contribution < 1.29 is 19.2 Å². The van der Waals surface area contributed by atoms with Crippen LogP contribution in [0.15, 0.2) is 18.7 Å². The Morgan fingerprint density at radius 1 is 1.50 bits per heavy atom. The van der Waals surface area contributed by atoms with Crippen LogP contribution in [0.5, 0.6) is 0 Å². The smallest absolute Gasteiger partial charge is 0.251 e. The molecule has 1 heterocycles. The minimum absolute atomic E-state index is 0.263. The largest absolute Gasteiger partial charge is 0.550 e. The van der Waals surface area contributed by atoms with E-state index in [0.717, 1.165) is 19.4 Å². The molecule has 0 amide bonds. The molecule has 0 aliphatic rings. The summed E-state index contributed by atoms with van der Waals surface area (Å²) >= 11 is 0. The van der Waals surface area contributed by atoms with Crippen molar-refractivity contribution in [3.63, 3.8) is 0 Å². The lowest BCUT2D eigenvalue weighted by Crippen LogP contribution is -2.23. The molecule has 0 aromatic carbocycles. The van der Waals surface area contributed by atoms with Crippen LogP contribution in [0.4, 0.5) is 4.79 Å². The summed E-state index contributed by atoms with van der Waals surface area (Å²) in [5.74, 6) is 0. The third-order valence-corrected chi connectivity index (χ3v) is 1.91. The zero-order valence-corrected chi connectivity index (χ0v) is 10.2. The highest BCUT2D eigenvalue weighted by Gasteiger charge is 1.92. The van der Waals surface area contributed by atoms with Crippen molar-refractivity contribution >= 4 is 6.16 Å². The van der Waals surface area contributed by atoms with Crippen LogP contribution in [0.1, 0.15) is 26.7 Å². The first-order valence-corrected chi connectivity index (χ1v) is 5.44. The summed E-state index contributed by atoms with van der Waals surface area (Å²) in [6, 6.07) is 0. The van der Waals surface area contributed by atoms with Crippen LogP contribution in [-0.4, -0.2) is 17.3 Å². The van der Waals surface area contributed by atoms with Gasteiger partial charge in [-0.1, -0.05) is 13.3 Å². The SMILES string of the molecule is CCCCOC(=O)[O-].CCn1cc[n+](C)c1. The topological polar surface area (TPSA) is 58.2 Å². The van der Waals surface area contributed by atoms with Gasteiger partial charge in [0, 0.05) is 6.61 Å². The van der Waals surface area contributed by atoms with Crippen molar-refractivity contribution in [3.8, 4) is 0 Å². The Morgan fingerprint density at radius 3 is 2.50 bits per heavy atom. The van der Waals surface area contributed by atoms with Gasteiger partial charge >= 0.3 is 0 Å². The highest BCUT2D eigenvalue weighted by Crippen LogP contribution is 1.85. The van der Waals surface area contributed by atoms with Crippen LogP contribution < -0.4 is 9.67 Å². The molecule has 1 rings (SSSR count). The maximum Gasteiger partial charge on any atom is 0.251 e. The first kappa shape index (κ1) is 14.5. The van der Waals surface area contributed by atoms with Crippen LogP contribution in [0.2, 0.25) is 0 Å².